The first kappa shape index (κ1) is 14.3. The fourth-order valence-electron chi connectivity index (χ4n) is 2.98. The summed E-state index contributed by atoms with van der Waals surface area (Å²) in [5.41, 5.74) is 1.37. The van der Waals surface area contributed by atoms with E-state index in [9.17, 15) is 0 Å². The second-order valence-corrected chi connectivity index (χ2v) is 7.06. The Bertz CT molecular complexity index is 436. The number of thiazole rings is 1. The van der Waals surface area contributed by atoms with Gasteiger partial charge in [-0.2, -0.15) is 0 Å². The molecular weight excluding hydrogens is 270 g/mol. The van der Waals surface area contributed by atoms with Crippen molar-refractivity contribution in [1.29, 1.82) is 0 Å². The Morgan fingerprint density at radius 2 is 2.05 bits per heavy atom. The van der Waals surface area contributed by atoms with Crippen LogP contribution in [0.3, 0.4) is 0 Å². The second-order valence-electron chi connectivity index (χ2n) is 6.00. The van der Waals surface area contributed by atoms with E-state index in [1.165, 1.54) is 41.4 Å². The molecule has 2 aliphatic rings. The maximum Gasteiger partial charge on any atom is 0.185 e. The zero-order chi connectivity index (χ0) is 13.9. The van der Waals surface area contributed by atoms with Gasteiger partial charge >= 0.3 is 0 Å². The number of anilines is 1. The van der Waals surface area contributed by atoms with Gasteiger partial charge in [0.2, 0.25) is 0 Å². The average Bonchev–Trinajstić information content (AvgIpc) is 3.22. The Balaban J connectivity index is 1.66. The van der Waals surface area contributed by atoms with E-state index in [0.717, 1.165) is 38.1 Å². The average molecular weight is 295 g/mol. The van der Waals surface area contributed by atoms with Crippen LogP contribution < -0.4 is 10.2 Å². The summed E-state index contributed by atoms with van der Waals surface area (Å²) in [7, 11) is 3.82. The van der Waals surface area contributed by atoms with Crippen molar-refractivity contribution in [2.45, 2.75) is 38.1 Å². The van der Waals surface area contributed by atoms with Gasteiger partial charge in [0, 0.05) is 44.1 Å². The van der Waals surface area contributed by atoms with Crippen molar-refractivity contribution in [3.63, 3.8) is 0 Å². The second kappa shape index (κ2) is 6.41. The Morgan fingerprint density at radius 1 is 1.30 bits per heavy atom. The summed E-state index contributed by atoms with van der Waals surface area (Å²) in [5.74, 6) is 1.48. The molecule has 3 rings (SSSR count). The third kappa shape index (κ3) is 3.15. The fraction of sp³-hybridized carbons (Fsp3) is 0.800. The van der Waals surface area contributed by atoms with Gasteiger partial charge in [0.05, 0.1) is 5.69 Å². The molecule has 0 spiro atoms. The molecule has 5 heteroatoms. The number of methoxy groups -OCH3 is 1. The third-order valence-electron chi connectivity index (χ3n) is 4.31. The smallest absolute Gasteiger partial charge is 0.185 e. The number of nitrogens with zero attached hydrogens (tertiary/aromatic N) is 2. The minimum atomic E-state index is 0.732. The van der Waals surface area contributed by atoms with Crippen LogP contribution in [0.2, 0.25) is 0 Å². The molecule has 0 unspecified atom stereocenters. The van der Waals surface area contributed by atoms with E-state index in [-0.39, 0.29) is 0 Å². The molecule has 112 valence electrons. The molecule has 0 atom stereocenters. The number of hydrogen-bond acceptors (Lipinski definition) is 5. The minimum Gasteiger partial charge on any atom is -0.384 e. The number of nitrogens with one attached hydrogen (secondary N) is 1. The van der Waals surface area contributed by atoms with E-state index in [4.69, 9.17) is 9.72 Å². The van der Waals surface area contributed by atoms with E-state index in [0.29, 0.717) is 0 Å². The Hall–Kier alpha value is -0.650. The molecule has 2 heterocycles. The topological polar surface area (TPSA) is 37.4 Å². The summed E-state index contributed by atoms with van der Waals surface area (Å²) in [6, 6.07) is 0. The molecule has 20 heavy (non-hydrogen) atoms. The predicted octanol–water partition coefficient (Wildman–Crippen LogP) is 2.60. The number of piperidine rings is 1. The van der Waals surface area contributed by atoms with Crippen molar-refractivity contribution in [2.24, 2.45) is 5.92 Å². The molecule has 1 saturated carbocycles. The van der Waals surface area contributed by atoms with Crippen LogP contribution in [0.5, 0.6) is 0 Å². The van der Waals surface area contributed by atoms with Crippen LogP contribution in [0.1, 0.15) is 42.2 Å². The summed E-state index contributed by atoms with van der Waals surface area (Å²) >= 11 is 1.89. The maximum atomic E-state index is 5.28. The molecule has 0 bridgehead atoms. The third-order valence-corrected chi connectivity index (χ3v) is 5.44. The van der Waals surface area contributed by atoms with Gasteiger partial charge in [0.15, 0.2) is 5.13 Å². The lowest BCUT2D eigenvalue weighted by atomic mass is 9.98. The molecule has 1 saturated heterocycles. The van der Waals surface area contributed by atoms with Crippen LogP contribution in [0, 0.1) is 5.92 Å². The largest absolute Gasteiger partial charge is 0.384 e. The van der Waals surface area contributed by atoms with Gasteiger partial charge in [0.1, 0.15) is 0 Å². The first-order valence-electron chi connectivity index (χ1n) is 7.70. The molecule has 4 nitrogen and oxygen atoms in total. The van der Waals surface area contributed by atoms with Gasteiger partial charge in [0.25, 0.3) is 0 Å². The molecule has 2 fully saturated rings. The van der Waals surface area contributed by atoms with Crippen LogP contribution in [-0.2, 0) is 11.3 Å². The summed E-state index contributed by atoms with van der Waals surface area (Å²) in [6.45, 7) is 4.13. The zero-order valence-corrected chi connectivity index (χ0v) is 13.3. The maximum absolute atomic E-state index is 5.28. The standard InChI is InChI=1S/C15H25N3OS/c1-16-9-13-14(12-3-4-12)17-15(20-13)18-7-5-11(6-8-18)10-19-2/h11-12,16H,3-10H2,1-2H3. The van der Waals surface area contributed by atoms with Crippen molar-refractivity contribution in [3.8, 4) is 0 Å². The molecule has 0 aromatic carbocycles. The van der Waals surface area contributed by atoms with E-state index >= 15 is 0 Å². The molecule has 1 aromatic heterocycles. The molecule has 0 radical (unpaired) electrons. The van der Waals surface area contributed by atoms with E-state index in [1.807, 2.05) is 18.4 Å². The van der Waals surface area contributed by atoms with Crippen LogP contribution >= 0.6 is 11.3 Å². The first-order valence-corrected chi connectivity index (χ1v) is 8.51. The van der Waals surface area contributed by atoms with Crippen molar-refractivity contribution in [1.82, 2.24) is 10.3 Å². The van der Waals surface area contributed by atoms with Gasteiger partial charge in [-0.15, -0.1) is 11.3 Å². The molecular formula is C15H25N3OS. The van der Waals surface area contributed by atoms with Gasteiger partial charge in [-0.1, -0.05) is 0 Å². The van der Waals surface area contributed by atoms with Crippen molar-refractivity contribution in [3.05, 3.63) is 10.6 Å². The fourth-order valence-corrected chi connectivity index (χ4v) is 4.18. The van der Waals surface area contributed by atoms with E-state index < -0.39 is 0 Å². The van der Waals surface area contributed by atoms with Crippen molar-refractivity contribution >= 4 is 16.5 Å². The summed E-state index contributed by atoms with van der Waals surface area (Å²) in [4.78, 5) is 8.88. The Morgan fingerprint density at radius 3 is 2.65 bits per heavy atom. The number of aromatic nitrogens is 1. The van der Waals surface area contributed by atoms with E-state index in [1.54, 1.807) is 7.11 Å². The Labute approximate surface area is 125 Å². The highest BCUT2D eigenvalue weighted by Crippen LogP contribution is 2.44. The number of ether oxygens (including phenoxy) is 1. The normalized spacial score (nSPS) is 20.6. The van der Waals surface area contributed by atoms with Gasteiger partial charge in [-0.05, 0) is 38.6 Å². The molecule has 0 amide bonds. The summed E-state index contributed by atoms with van der Waals surface area (Å²) < 4.78 is 5.28. The monoisotopic (exact) mass is 295 g/mol. The van der Waals surface area contributed by atoms with Crippen LogP contribution in [-0.4, -0.2) is 38.8 Å². The highest BCUT2D eigenvalue weighted by atomic mass is 32.1. The van der Waals surface area contributed by atoms with Gasteiger partial charge in [-0.3, -0.25) is 0 Å². The predicted molar refractivity (Wildman–Crippen MR) is 83.7 cm³/mol. The van der Waals surface area contributed by atoms with Gasteiger partial charge < -0.3 is 15.0 Å². The number of rotatable bonds is 6. The molecule has 1 aliphatic heterocycles. The van der Waals surface area contributed by atoms with Crippen molar-refractivity contribution < 1.29 is 4.74 Å². The van der Waals surface area contributed by atoms with Crippen LogP contribution in [0.15, 0.2) is 0 Å². The summed E-state index contributed by atoms with van der Waals surface area (Å²) in [5, 5.41) is 4.53. The molecule has 1 aromatic rings. The lowest BCUT2D eigenvalue weighted by Crippen LogP contribution is -2.34. The van der Waals surface area contributed by atoms with Crippen molar-refractivity contribution in [2.75, 3.05) is 38.8 Å². The van der Waals surface area contributed by atoms with Crippen LogP contribution in [0.4, 0.5) is 5.13 Å². The zero-order valence-electron chi connectivity index (χ0n) is 12.5. The number of hydrogen-bond donors (Lipinski definition) is 1. The summed E-state index contributed by atoms with van der Waals surface area (Å²) in [6.07, 6.45) is 5.12. The quantitative estimate of drug-likeness (QED) is 0.875. The first-order chi connectivity index (χ1) is 9.81. The highest BCUT2D eigenvalue weighted by Gasteiger charge is 2.31. The lowest BCUT2D eigenvalue weighted by Gasteiger charge is -2.31. The van der Waals surface area contributed by atoms with E-state index in [2.05, 4.69) is 10.2 Å². The molecule has 1 N–H and O–H groups in total. The minimum absolute atomic E-state index is 0.732. The highest BCUT2D eigenvalue weighted by molar-refractivity contribution is 7.15. The Kier molecular flexibility index (Phi) is 4.58. The lowest BCUT2D eigenvalue weighted by molar-refractivity contribution is 0.139. The van der Waals surface area contributed by atoms with Crippen LogP contribution in [0.25, 0.3) is 0 Å². The molecule has 1 aliphatic carbocycles. The SMILES string of the molecule is CNCc1sc(N2CCC(COC)CC2)nc1C1CC1. The van der Waals surface area contributed by atoms with Gasteiger partial charge in [-0.25, -0.2) is 4.98 Å².